The summed E-state index contributed by atoms with van der Waals surface area (Å²) in [7, 11) is 0. The second-order valence-corrected chi connectivity index (χ2v) is 9.42. The van der Waals surface area contributed by atoms with Crippen molar-refractivity contribution in [2.45, 2.75) is 41.0 Å². The van der Waals surface area contributed by atoms with Crippen molar-refractivity contribution >= 4 is 29.2 Å². The van der Waals surface area contributed by atoms with Crippen molar-refractivity contribution in [3.05, 3.63) is 69.3 Å². The standard InChI is InChI=1S/C24H25Cl2FN2O2/c1-6-31-23(30)21-22(15-8-10-18(27)17(26)11-15)29(20(28-21)13-24(3,4)5)19-12-16(25)9-7-14(19)2/h7-12H,6,13H2,1-5H3. The predicted molar refractivity (Wildman–Crippen MR) is 123 cm³/mol. The van der Waals surface area contributed by atoms with Crippen LogP contribution in [0, 0.1) is 18.2 Å². The SMILES string of the molecule is CCOC(=O)c1nc(CC(C)(C)C)n(-c2cc(Cl)ccc2C)c1-c1ccc(F)c(Cl)c1. The Labute approximate surface area is 192 Å². The molecule has 31 heavy (non-hydrogen) atoms. The van der Waals surface area contributed by atoms with Crippen molar-refractivity contribution in [2.75, 3.05) is 6.61 Å². The number of ether oxygens (including phenoxy) is 1. The molecule has 4 nitrogen and oxygen atoms in total. The Morgan fingerprint density at radius 2 is 1.87 bits per heavy atom. The maximum Gasteiger partial charge on any atom is 0.359 e. The van der Waals surface area contributed by atoms with Crippen molar-refractivity contribution in [3.63, 3.8) is 0 Å². The van der Waals surface area contributed by atoms with Crippen LogP contribution in [0.2, 0.25) is 10.0 Å². The molecule has 0 amide bonds. The third-order valence-electron chi connectivity index (χ3n) is 4.71. The summed E-state index contributed by atoms with van der Waals surface area (Å²) in [4.78, 5) is 17.6. The van der Waals surface area contributed by atoms with E-state index in [-0.39, 0.29) is 22.7 Å². The van der Waals surface area contributed by atoms with Crippen LogP contribution in [0.3, 0.4) is 0 Å². The molecule has 0 unspecified atom stereocenters. The summed E-state index contributed by atoms with van der Waals surface area (Å²) < 4.78 is 21.1. The summed E-state index contributed by atoms with van der Waals surface area (Å²) in [5.74, 6) is -0.411. The quantitative estimate of drug-likeness (QED) is 0.381. The molecule has 0 aliphatic rings. The van der Waals surface area contributed by atoms with Gasteiger partial charge in [-0.25, -0.2) is 14.2 Å². The van der Waals surface area contributed by atoms with Gasteiger partial charge in [-0.2, -0.15) is 0 Å². The Morgan fingerprint density at radius 3 is 2.48 bits per heavy atom. The van der Waals surface area contributed by atoms with Crippen LogP contribution in [-0.4, -0.2) is 22.1 Å². The fraction of sp³-hybridized carbons (Fsp3) is 0.333. The molecular weight excluding hydrogens is 438 g/mol. The van der Waals surface area contributed by atoms with Crippen LogP contribution >= 0.6 is 23.2 Å². The zero-order valence-corrected chi connectivity index (χ0v) is 19.7. The molecule has 0 spiro atoms. The van der Waals surface area contributed by atoms with E-state index in [0.717, 1.165) is 11.3 Å². The molecule has 3 aromatic rings. The summed E-state index contributed by atoms with van der Waals surface area (Å²) in [6, 6.07) is 9.89. The van der Waals surface area contributed by atoms with E-state index in [1.54, 1.807) is 19.1 Å². The van der Waals surface area contributed by atoms with Gasteiger partial charge in [0.15, 0.2) is 5.69 Å². The predicted octanol–water partition coefficient (Wildman–Crippen LogP) is 7.06. The van der Waals surface area contributed by atoms with Crippen molar-refractivity contribution in [2.24, 2.45) is 5.41 Å². The lowest BCUT2D eigenvalue weighted by molar-refractivity contribution is 0.0520. The number of nitrogens with zero attached hydrogens (tertiary/aromatic N) is 2. The second kappa shape index (κ2) is 9.01. The lowest BCUT2D eigenvalue weighted by atomic mass is 9.92. The number of carbonyl (C=O) groups excluding carboxylic acids is 1. The summed E-state index contributed by atoms with van der Waals surface area (Å²) in [6.07, 6.45) is 0.584. The minimum absolute atomic E-state index is 0.0414. The lowest BCUT2D eigenvalue weighted by Gasteiger charge is -2.21. The molecule has 0 saturated carbocycles. The molecule has 0 N–H and O–H groups in total. The third kappa shape index (κ3) is 5.10. The number of hydrogen-bond acceptors (Lipinski definition) is 3. The maximum absolute atomic E-state index is 13.9. The summed E-state index contributed by atoms with van der Waals surface area (Å²) in [6.45, 7) is 10.2. The minimum atomic E-state index is -0.550. The number of aromatic nitrogens is 2. The van der Waals surface area contributed by atoms with Crippen molar-refractivity contribution in [3.8, 4) is 16.9 Å². The Kier molecular flexibility index (Phi) is 6.77. The van der Waals surface area contributed by atoms with Gasteiger partial charge >= 0.3 is 5.97 Å². The number of aryl methyl sites for hydroxylation is 1. The van der Waals surface area contributed by atoms with E-state index < -0.39 is 11.8 Å². The van der Waals surface area contributed by atoms with Crippen molar-refractivity contribution < 1.29 is 13.9 Å². The number of rotatable bonds is 5. The van der Waals surface area contributed by atoms with E-state index in [9.17, 15) is 9.18 Å². The normalized spacial score (nSPS) is 11.6. The molecule has 7 heteroatoms. The first-order chi connectivity index (χ1) is 14.5. The Bertz CT molecular complexity index is 1130. The lowest BCUT2D eigenvalue weighted by Crippen LogP contribution is -2.14. The van der Waals surface area contributed by atoms with Crippen LogP contribution in [-0.2, 0) is 11.2 Å². The fourth-order valence-corrected chi connectivity index (χ4v) is 3.74. The van der Waals surface area contributed by atoms with Gasteiger partial charge < -0.3 is 4.74 Å². The largest absolute Gasteiger partial charge is 0.461 e. The molecule has 164 valence electrons. The summed E-state index contributed by atoms with van der Waals surface area (Å²) >= 11 is 12.4. The highest BCUT2D eigenvalue weighted by Crippen LogP contribution is 2.35. The molecule has 0 saturated heterocycles. The molecule has 0 aliphatic heterocycles. The van der Waals surface area contributed by atoms with Crippen molar-refractivity contribution in [1.82, 2.24) is 9.55 Å². The van der Waals surface area contributed by atoms with Gasteiger partial charge in [0.25, 0.3) is 0 Å². The average molecular weight is 463 g/mol. The molecular formula is C24H25Cl2FN2O2. The van der Waals surface area contributed by atoms with Gasteiger partial charge in [-0.15, -0.1) is 0 Å². The summed E-state index contributed by atoms with van der Waals surface area (Å²) in [5, 5.41) is 0.511. The molecule has 0 aliphatic carbocycles. The molecule has 0 radical (unpaired) electrons. The van der Waals surface area contributed by atoms with Crippen molar-refractivity contribution in [1.29, 1.82) is 0 Å². The number of esters is 1. The highest BCUT2D eigenvalue weighted by molar-refractivity contribution is 6.31. The zero-order valence-electron chi connectivity index (χ0n) is 18.2. The van der Waals surface area contributed by atoms with Crippen LogP contribution < -0.4 is 0 Å². The third-order valence-corrected chi connectivity index (χ3v) is 5.23. The fourth-order valence-electron chi connectivity index (χ4n) is 3.39. The first-order valence-electron chi connectivity index (χ1n) is 10.0. The average Bonchev–Trinajstić information content (AvgIpc) is 3.03. The van der Waals surface area contributed by atoms with E-state index in [4.69, 9.17) is 32.9 Å². The van der Waals surface area contributed by atoms with Gasteiger partial charge in [0.2, 0.25) is 0 Å². The smallest absolute Gasteiger partial charge is 0.359 e. The van der Waals surface area contributed by atoms with Crippen LogP contribution in [0.15, 0.2) is 36.4 Å². The van der Waals surface area contributed by atoms with Crippen LogP contribution in [0.4, 0.5) is 4.39 Å². The Morgan fingerprint density at radius 1 is 1.16 bits per heavy atom. The van der Waals surface area contributed by atoms with E-state index in [0.29, 0.717) is 28.5 Å². The van der Waals surface area contributed by atoms with E-state index >= 15 is 0 Å². The topological polar surface area (TPSA) is 44.1 Å². The molecule has 0 atom stereocenters. The first kappa shape index (κ1) is 23.3. The van der Waals surface area contributed by atoms with Gasteiger partial charge in [-0.1, -0.05) is 50.0 Å². The number of carbonyl (C=O) groups is 1. The number of benzene rings is 2. The van der Waals surface area contributed by atoms with Gasteiger partial charge in [0.05, 0.1) is 23.0 Å². The van der Waals surface area contributed by atoms with E-state index in [2.05, 4.69) is 20.8 Å². The molecule has 2 aromatic carbocycles. The molecule has 0 bridgehead atoms. The monoisotopic (exact) mass is 462 g/mol. The zero-order chi connectivity index (χ0) is 22.9. The molecule has 1 heterocycles. The number of imidazole rings is 1. The van der Waals surface area contributed by atoms with Crippen LogP contribution in [0.25, 0.3) is 16.9 Å². The van der Waals surface area contributed by atoms with Gasteiger partial charge in [0, 0.05) is 17.0 Å². The minimum Gasteiger partial charge on any atom is -0.461 e. The maximum atomic E-state index is 13.9. The highest BCUT2D eigenvalue weighted by Gasteiger charge is 2.28. The van der Waals surface area contributed by atoms with Crippen LogP contribution in [0.1, 0.15) is 49.6 Å². The van der Waals surface area contributed by atoms with Gasteiger partial charge in [0.1, 0.15) is 11.6 Å². The Balaban J connectivity index is 2.42. The molecule has 3 rings (SSSR count). The van der Waals surface area contributed by atoms with Gasteiger partial charge in [-0.05, 0) is 55.2 Å². The van der Waals surface area contributed by atoms with E-state index in [1.165, 1.54) is 12.1 Å². The number of halogens is 3. The van der Waals surface area contributed by atoms with Gasteiger partial charge in [-0.3, -0.25) is 4.57 Å². The molecule has 0 fully saturated rings. The Hall–Kier alpha value is -2.37. The first-order valence-corrected chi connectivity index (χ1v) is 10.8. The van der Waals surface area contributed by atoms with E-state index in [1.807, 2.05) is 23.6 Å². The summed E-state index contributed by atoms with van der Waals surface area (Å²) in [5.41, 5.74) is 2.82. The molecule has 1 aromatic heterocycles. The number of hydrogen-bond donors (Lipinski definition) is 0. The second-order valence-electron chi connectivity index (χ2n) is 8.58. The highest BCUT2D eigenvalue weighted by atomic mass is 35.5. The van der Waals surface area contributed by atoms with Crippen LogP contribution in [0.5, 0.6) is 0 Å².